The molecular weight excluding hydrogens is 216 g/mol. The van der Waals surface area contributed by atoms with Gasteiger partial charge in [-0.3, -0.25) is 4.68 Å². The van der Waals surface area contributed by atoms with E-state index in [1.165, 1.54) is 5.56 Å². The van der Waals surface area contributed by atoms with Crippen LogP contribution >= 0.6 is 0 Å². The number of nitrogens with zero attached hydrogens (tertiary/aromatic N) is 3. The van der Waals surface area contributed by atoms with Crippen LogP contribution in [0.2, 0.25) is 0 Å². The summed E-state index contributed by atoms with van der Waals surface area (Å²) in [4.78, 5) is 0. The van der Waals surface area contributed by atoms with Crippen molar-refractivity contribution in [1.82, 2.24) is 20.3 Å². The number of rotatable bonds is 5. The SMILES string of the molecule is COc1cccc(CNCc2cnnn2C)c1. The summed E-state index contributed by atoms with van der Waals surface area (Å²) in [6.45, 7) is 1.54. The van der Waals surface area contributed by atoms with Gasteiger partial charge in [0.15, 0.2) is 0 Å². The van der Waals surface area contributed by atoms with Gasteiger partial charge in [-0.15, -0.1) is 5.10 Å². The summed E-state index contributed by atoms with van der Waals surface area (Å²) in [7, 11) is 3.56. The number of aryl methyl sites for hydroxylation is 1. The van der Waals surface area contributed by atoms with Gasteiger partial charge in [0.05, 0.1) is 19.0 Å². The van der Waals surface area contributed by atoms with Crippen LogP contribution in [0.4, 0.5) is 0 Å². The zero-order chi connectivity index (χ0) is 12.1. The molecular formula is C12H16N4O. The van der Waals surface area contributed by atoms with E-state index in [1.54, 1.807) is 18.0 Å². The summed E-state index contributed by atoms with van der Waals surface area (Å²) >= 11 is 0. The van der Waals surface area contributed by atoms with Crippen LogP contribution in [-0.4, -0.2) is 22.1 Å². The number of ether oxygens (including phenoxy) is 1. The fourth-order valence-electron chi connectivity index (χ4n) is 1.59. The number of nitrogens with one attached hydrogen (secondary N) is 1. The van der Waals surface area contributed by atoms with Crippen molar-refractivity contribution < 1.29 is 4.74 Å². The number of benzene rings is 1. The van der Waals surface area contributed by atoms with Crippen LogP contribution in [0.5, 0.6) is 5.75 Å². The van der Waals surface area contributed by atoms with Crippen molar-refractivity contribution >= 4 is 0 Å². The normalized spacial score (nSPS) is 10.5. The Hall–Kier alpha value is -1.88. The lowest BCUT2D eigenvalue weighted by Crippen LogP contribution is -2.15. The van der Waals surface area contributed by atoms with E-state index in [1.807, 2.05) is 25.2 Å². The van der Waals surface area contributed by atoms with Crippen molar-refractivity contribution in [3.05, 3.63) is 41.7 Å². The Balaban J connectivity index is 1.87. The second-order valence-electron chi connectivity index (χ2n) is 3.80. The molecule has 1 aromatic heterocycles. The summed E-state index contributed by atoms with van der Waals surface area (Å²) in [5.74, 6) is 0.881. The summed E-state index contributed by atoms with van der Waals surface area (Å²) in [5, 5.41) is 11.0. The first-order valence-corrected chi connectivity index (χ1v) is 5.47. The standard InChI is InChI=1S/C12H16N4O/c1-16-11(9-14-15-16)8-13-7-10-4-3-5-12(6-10)17-2/h3-6,9,13H,7-8H2,1-2H3. The van der Waals surface area contributed by atoms with E-state index in [4.69, 9.17) is 4.74 Å². The van der Waals surface area contributed by atoms with Gasteiger partial charge in [-0.2, -0.15) is 0 Å². The molecule has 1 aromatic carbocycles. The Morgan fingerprint density at radius 1 is 1.35 bits per heavy atom. The van der Waals surface area contributed by atoms with Gasteiger partial charge in [0.2, 0.25) is 0 Å². The van der Waals surface area contributed by atoms with E-state index < -0.39 is 0 Å². The van der Waals surface area contributed by atoms with Gasteiger partial charge in [-0.05, 0) is 17.7 Å². The molecule has 0 unspecified atom stereocenters. The Kier molecular flexibility index (Phi) is 3.72. The lowest BCUT2D eigenvalue weighted by molar-refractivity contribution is 0.414. The lowest BCUT2D eigenvalue weighted by Gasteiger charge is -2.06. The second kappa shape index (κ2) is 5.45. The molecule has 90 valence electrons. The van der Waals surface area contributed by atoms with E-state index in [-0.39, 0.29) is 0 Å². The Labute approximate surface area is 100 Å². The third-order valence-electron chi connectivity index (χ3n) is 2.58. The van der Waals surface area contributed by atoms with Crippen LogP contribution in [0.25, 0.3) is 0 Å². The minimum atomic E-state index is 0.751. The lowest BCUT2D eigenvalue weighted by atomic mass is 10.2. The molecule has 0 atom stereocenters. The summed E-state index contributed by atoms with van der Waals surface area (Å²) < 4.78 is 6.94. The minimum absolute atomic E-state index is 0.751. The van der Waals surface area contributed by atoms with E-state index in [2.05, 4.69) is 21.7 Å². The predicted octanol–water partition coefficient (Wildman–Crippen LogP) is 1.11. The summed E-state index contributed by atoms with van der Waals surface area (Å²) in [5.41, 5.74) is 2.26. The van der Waals surface area contributed by atoms with Gasteiger partial charge >= 0.3 is 0 Å². The molecule has 0 fully saturated rings. The number of methoxy groups -OCH3 is 1. The first-order chi connectivity index (χ1) is 8.29. The van der Waals surface area contributed by atoms with Crippen molar-refractivity contribution in [3.63, 3.8) is 0 Å². The van der Waals surface area contributed by atoms with Crippen LogP contribution in [0, 0.1) is 0 Å². The van der Waals surface area contributed by atoms with Crippen LogP contribution < -0.4 is 10.1 Å². The van der Waals surface area contributed by atoms with Crippen molar-refractivity contribution in [2.75, 3.05) is 7.11 Å². The monoisotopic (exact) mass is 232 g/mol. The third kappa shape index (κ3) is 3.04. The Bertz CT molecular complexity index is 481. The molecule has 0 aliphatic carbocycles. The first kappa shape index (κ1) is 11.6. The largest absolute Gasteiger partial charge is 0.497 e. The summed E-state index contributed by atoms with van der Waals surface area (Å²) in [6.07, 6.45) is 1.76. The van der Waals surface area contributed by atoms with Crippen LogP contribution in [0.15, 0.2) is 30.5 Å². The van der Waals surface area contributed by atoms with Crippen molar-refractivity contribution in [2.45, 2.75) is 13.1 Å². The van der Waals surface area contributed by atoms with Crippen molar-refractivity contribution in [2.24, 2.45) is 7.05 Å². The fraction of sp³-hybridized carbons (Fsp3) is 0.333. The minimum Gasteiger partial charge on any atom is -0.497 e. The average molecular weight is 232 g/mol. The molecule has 0 saturated heterocycles. The van der Waals surface area contributed by atoms with Crippen LogP contribution in [0.1, 0.15) is 11.3 Å². The smallest absolute Gasteiger partial charge is 0.119 e. The van der Waals surface area contributed by atoms with E-state index in [0.29, 0.717) is 0 Å². The average Bonchev–Trinajstić information content (AvgIpc) is 2.76. The second-order valence-corrected chi connectivity index (χ2v) is 3.80. The highest BCUT2D eigenvalue weighted by Gasteiger charge is 1.99. The molecule has 5 nitrogen and oxygen atoms in total. The zero-order valence-corrected chi connectivity index (χ0v) is 10.1. The predicted molar refractivity (Wildman–Crippen MR) is 64.5 cm³/mol. The number of aromatic nitrogens is 3. The third-order valence-corrected chi connectivity index (χ3v) is 2.58. The topological polar surface area (TPSA) is 52.0 Å². The molecule has 17 heavy (non-hydrogen) atoms. The molecule has 0 spiro atoms. The van der Waals surface area contributed by atoms with Gasteiger partial charge in [-0.25, -0.2) is 0 Å². The number of hydrogen-bond donors (Lipinski definition) is 1. The molecule has 2 aromatic rings. The van der Waals surface area contributed by atoms with Gasteiger partial charge in [0.25, 0.3) is 0 Å². The molecule has 0 amide bonds. The molecule has 0 aliphatic heterocycles. The molecule has 2 rings (SSSR count). The van der Waals surface area contributed by atoms with Gasteiger partial charge in [-0.1, -0.05) is 17.3 Å². The highest BCUT2D eigenvalue weighted by Crippen LogP contribution is 2.12. The van der Waals surface area contributed by atoms with Crippen molar-refractivity contribution in [1.29, 1.82) is 0 Å². The Morgan fingerprint density at radius 3 is 2.94 bits per heavy atom. The molecule has 0 aliphatic rings. The van der Waals surface area contributed by atoms with Gasteiger partial charge in [0.1, 0.15) is 5.75 Å². The van der Waals surface area contributed by atoms with E-state index in [9.17, 15) is 0 Å². The van der Waals surface area contributed by atoms with Crippen LogP contribution in [-0.2, 0) is 20.1 Å². The van der Waals surface area contributed by atoms with Gasteiger partial charge in [0, 0.05) is 20.1 Å². The zero-order valence-electron chi connectivity index (χ0n) is 10.1. The van der Waals surface area contributed by atoms with E-state index in [0.717, 1.165) is 24.5 Å². The van der Waals surface area contributed by atoms with Crippen LogP contribution in [0.3, 0.4) is 0 Å². The quantitative estimate of drug-likeness (QED) is 0.839. The Morgan fingerprint density at radius 2 is 2.24 bits per heavy atom. The highest BCUT2D eigenvalue weighted by atomic mass is 16.5. The molecule has 1 N–H and O–H groups in total. The molecule has 1 heterocycles. The first-order valence-electron chi connectivity index (χ1n) is 5.47. The maximum absolute atomic E-state index is 5.17. The molecule has 0 radical (unpaired) electrons. The van der Waals surface area contributed by atoms with Gasteiger partial charge < -0.3 is 10.1 Å². The number of hydrogen-bond acceptors (Lipinski definition) is 4. The molecule has 5 heteroatoms. The van der Waals surface area contributed by atoms with E-state index >= 15 is 0 Å². The fourth-order valence-corrected chi connectivity index (χ4v) is 1.59. The maximum Gasteiger partial charge on any atom is 0.119 e. The molecule has 0 bridgehead atoms. The van der Waals surface area contributed by atoms with Crippen molar-refractivity contribution in [3.8, 4) is 5.75 Å². The maximum atomic E-state index is 5.17. The summed E-state index contributed by atoms with van der Waals surface area (Å²) in [6, 6.07) is 8.02. The highest BCUT2D eigenvalue weighted by molar-refractivity contribution is 5.28. The molecule has 0 saturated carbocycles.